The van der Waals surface area contributed by atoms with Crippen molar-refractivity contribution >= 4 is 5.91 Å². The van der Waals surface area contributed by atoms with Crippen LogP contribution in [0.15, 0.2) is 41.5 Å². The first-order chi connectivity index (χ1) is 19.6. The number of alkyl halides is 2. The first-order valence-corrected chi connectivity index (χ1v) is 13.8. The van der Waals surface area contributed by atoms with Gasteiger partial charge in [-0.3, -0.25) is 14.6 Å². The lowest BCUT2D eigenvalue weighted by atomic mass is 9.86. The third-order valence-electron chi connectivity index (χ3n) is 7.71. The maximum Gasteiger partial charge on any atom is 0.264 e. The molecular formula is C31H35F2N5O3. The molecule has 0 aliphatic carbocycles. The highest BCUT2D eigenvalue weighted by atomic mass is 19.3. The molecule has 1 atom stereocenters. The Labute approximate surface area is 238 Å². The van der Waals surface area contributed by atoms with Crippen molar-refractivity contribution in [2.24, 2.45) is 7.05 Å². The third kappa shape index (κ3) is 6.15. The Balaban J connectivity index is 1.81. The van der Waals surface area contributed by atoms with Gasteiger partial charge in [0, 0.05) is 61.4 Å². The van der Waals surface area contributed by atoms with E-state index in [9.17, 15) is 23.6 Å². The number of ether oxygens (including phenoxy) is 1. The molecule has 0 N–H and O–H groups in total. The van der Waals surface area contributed by atoms with Crippen LogP contribution < -0.4 is 10.3 Å². The van der Waals surface area contributed by atoms with Gasteiger partial charge < -0.3 is 19.1 Å². The molecule has 8 nitrogen and oxygen atoms in total. The van der Waals surface area contributed by atoms with Gasteiger partial charge in [0.1, 0.15) is 17.4 Å². The summed E-state index contributed by atoms with van der Waals surface area (Å²) in [6, 6.07) is 8.08. The Morgan fingerprint density at radius 3 is 2.54 bits per heavy atom. The smallest absolute Gasteiger partial charge is 0.264 e. The van der Waals surface area contributed by atoms with Gasteiger partial charge in [-0.25, -0.2) is 8.78 Å². The van der Waals surface area contributed by atoms with Gasteiger partial charge in [-0.05, 0) is 63.0 Å². The second-order valence-corrected chi connectivity index (χ2v) is 10.3. The van der Waals surface area contributed by atoms with Gasteiger partial charge in [0.2, 0.25) is 0 Å². The van der Waals surface area contributed by atoms with Gasteiger partial charge in [-0.1, -0.05) is 13.0 Å². The van der Waals surface area contributed by atoms with Crippen LogP contribution in [0.5, 0.6) is 5.75 Å². The Kier molecular flexibility index (Phi) is 9.18. The van der Waals surface area contributed by atoms with Crippen molar-refractivity contribution in [3.05, 3.63) is 80.5 Å². The highest BCUT2D eigenvalue weighted by Gasteiger charge is 2.32. The molecule has 0 saturated carbocycles. The summed E-state index contributed by atoms with van der Waals surface area (Å²) in [5, 5.41) is 9.40. The molecule has 1 unspecified atom stereocenters. The average Bonchev–Trinajstić information content (AvgIpc) is 2.96. The number of carbonyl (C=O) groups is 1. The normalized spacial score (nSPS) is 13.9. The fourth-order valence-electron chi connectivity index (χ4n) is 5.16. The van der Waals surface area contributed by atoms with Gasteiger partial charge in [0.05, 0.1) is 18.3 Å². The van der Waals surface area contributed by atoms with Crippen molar-refractivity contribution in [2.45, 2.75) is 46.1 Å². The monoisotopic (exact) mass is 563 g/mol. The summed E-state index contributed by atoms with van der Waals surface area (Å²) in [4.78, 5) is 34.6. The number of halogens is 2. The molecule has 0 bridgehead atoms. The number of rotatable bonds is 10. The number of benzene rings is 1. The topological polar surface area (TPSA) is 91.5 Å². The molecule has 10 heteroatoms. The fourth-order valence-corrected chi connectivity index (χ4v) is 5.16. The van der Waals surface area contributed by atoms with E-state index in [2.05, 4.69) is 22.9 Å². The molecular weight excluding hydrogens is 528 g/mol. The van der Waals surface area contributed by atoms with Crippen molar-refractivity contribution in [1.29, 1.82) is 5.26 Å². The zero-order chi connectivity index (χ0) is 29.8. The minimum Gasteiger partial charge on any atom is -0.492 e. The predicted octanol–water partition coefficient (Wildman–Crippen LogP) is 4.91. The first kappa shape index (κ1) is 29.9. The fraction of sp³-hybridized carbons (Fsp3) is 0.419. The zero-order valence-electron chi connectivity index (χ0n) is 24.1. The third-order valence-corrected chi connectivity index (χ3v) is 7.71. The van der Waals surface area contributed by atoms with Gasteiger partial charge in [0.25, 0.3) is 17.9 Å². The maximum atomic E-state index is 14.2. The summed E-state index contributed by atoms with van der Waals surface area (Å²) in [5.74, 6) is 0.189. The summed E-state index contributed by atoms with van der Waals surface area (Å²) < 4.78 is 35.2. The molecule has 2 aromatic heterocycles. The number of amides is 1. The number of pyridine rings is 2. The number of nitriles is 1. The average molecular weight is 564 g/mol. The summed E-state index contributed by atoms with van der Waals surface area (Å²) in [6.07, 6.45) is 1.11. The molecule has 1 aliphatic heterocycles. The van der Waals surface area contributed by atoms with Gasteiger partial charge in [-0.2, -0.15) is 5.26 Å². The SMILES string of the molecule is CCOc1cc(C(C)N2CCc3c(cc(CCN(C)CC)cc3-c3cn(C)c(=O)cc3C(F)F)C2=O)ncc1C#N. The van der Waals surface area contributed by atoms with Crippen LogP contribution in [-0.2, 0) is 19.9 Å². The maximum absolute atomic E-state index is 14.2. The number of likely N-dealkylation sites (N-methyl/N-ethyl adjacent to an activating group) is 1. The van der Waals surface area contributed by atoms with Crippen LogP contribution in [0.1, 0.15) is 71.5 Å². The van der Waals surface area contributed by atoms with Crippen LogP contribution in [0.4, 0.5) is 8.78 Å². The molecule has 0 fully saturated rings. The Bertz CT molecular complexity index is 1550. The molecule has 3 heterocycles. The highest BCUT2D eigenvalue weighted by Crippen LogP contribution is 2.38. The standard InChI is InChI=1S/C31H35F2N5O3/c1-6-36(4)10-8-20-12-23(26-18-37(5)29(39)14-24(26)30(32)33)22-9-11-38(31(40)25(22)13-20)19(3)27-15-28(41-7-2)21(16-34)17-35-27/h12-15,17-19,30H,6-11H2,1-5H3. The summed E-state index contributed by atoms with van der Waals surface area (Å²) in [5.41, 5.74) is 2.86. The van der Waals surface area contributed by atoms with E-state index in [-0.39, 0.29) is 17.0 Å². The number of nitrogens with zero attached hydrogens (tertiary/aromatic N) is 5. The highest BCUT2D eigenvalue weighted by molar-refractivity contribution is 5.99. The minimum absolute atomic E-state index is 0.224. The van der Waals surface area contributed by atoms with Crippen LogP contribution >= 0.6 is 0 Å². The Hall–Kier alpha value is -4.10. The molecule has 0 spiro atoms. The van der Waals surface area contributed by atoms with Crippen LogP contribution in [0, 0.1) is 11.3 Å². The quantitative estimate of drug-likeness (QED) is 0.348. The van der Waals surface area contributed by atoms with E-state index < -0.39 is 18.0 Å². The number of carbonyl (C=O) groups excluding carboxylic acids is 1. The van der Waals surface area contributed by atoms with E-state index in [1.165, 1.54) is 24.0 Å². The van der Waals surface area contributed by atoms with E-state index in [1.807, 2.05) is 33.0 Å². The van der Waals surface area contributed by atoms with Crippen LogP contribution in [0.2, 0.25) is 0 Å². The lowest BCUT2D eigenvalue weighted by Gasteiger charge is -2.35. The van der Waals surface area contributed by atoms with Crippen LogP contribution in [0.25, 0.3) is 11.1 Å². The van der Waals surface area contributed by atoms with Crippen molar-refractivity contribution in [2.75, 3.05) is 33.3 Å². The van der Waals surface area contributed by atoms with E-state index in [0.717, 1.165) is 24.7 Å². The Morgan fingerprint density at radius 2 is 1.88 bits per heavy atom. The number of hydrogen-bond acceptors (Lipinski definition) is 6. The van der Waals surface area contributed by atoms with Crippen molar-refractivity contribution in [1.82, 2.24) is 19.4 Å². The lowest BCUT2D eigenvalue weighted by molar-refractivity contribution is 0.0669. The molecule has 0 saturated heterocycles. The van der Waals surface area contributed by atoms with Gasteiger partial charge in [-0.15, -0.1) is 0 Å². The van der Waals surface area contributed by atoms with E-state index >= 15 is 0 Å². The number of fused-ring (bicyclic) bond motifs is 1. The molecule has 41 heavy (non-hydrogen) atoms. The number of aryl methyl sites for hydroxylation is 1. The van der Waals surface area contributed by atoms with E-state index in [1.54, 1.807) is 11.0 Å². The predicted molar refractivity (Wildman–Crippen MR) is 152 cm³/mol. The minimum atomic E-state index is -2.85. The van der Waals surface area contributed by atoms with Gasteiger partial charge in [0.15, 0.2) is 0 Å². The summed E-state index contributed by atoms with van der Waals surface area (Å²) in [6.45, 7) is 8.05. The molecule has 3 aromatic rings. The largest absolute Gasteiger partial charge is 0.492 e. The molecule has 0 radical (unpaired) electrons. The first-order valence-electron chi connectivity index (χ1n) is 13.8. The van der Waals surface area contributed by atoms with Crippen molar-refractivity contribution in [3.63, 3.8) is 0 Å². The van der Waals surface area contributed by atoms with Gasteiger partial charge >= 0.3 is 0 Å². The molecule has 1 aliphatic rings. The summed E-state index contributed by atoms with van der Waals surface area (Å²) in [7, 11) is 3.53. The van der Waals surface area contributed by atoms with Crippen LogP contribution in [0.3, 0.4) is 0 Å². The summed E-state index contributed by atoms with van der Waals surface area (Å²) >= 11 is 0. The zero-order valence-corrected chi connectivity index (χ0v) is 24.1. The van der Waals surface area contributed by atoms with Crippen molar-refractivity contribution in [3.8, 4) is 22.9 Å². The molecule has 4 rings (SSSR count). The van der Waals surface area contributed by atoms with Crippen LogP contribution in [-0.4, -0.2) is 58.5 Å². The van der Waals surface area contributed by atoms with E-state index in [4.69, 9.17) is 4.74 Å². The Morgan fingerprint density at radius 1 is 1.15 bits per heavy atom. The molecule has 216 valence electrons. The lowest BCUT2D eigenvalue weighted by Crippen LogP contribution is -2.40. The van der Waals surface area contributed by atoms with Crippen molar-refractivity contribution < 1.29 is 18.3 Å². The molecule has 1 aromatic carbocycles. The second kappa shape index (κ2) is 12.6. The number of aromatic nitrogens is 2. The van der Waals surface area contributed by atoms with E-state index in [0.29, 0.717) is 59.7 Å². The number of hydrogen-bond donors (Lipinski definition) is 0. The second-order valence-electron chi connectivity index (χ2n) is 10.3. The molecule has 1 amide bonds.